The van der Waals surface area contributed by atoms with Crippen molar-refractivity contribution in [1.29, 1.82) is 0 Å². The molecule has 0 aromatic heterocycles. The fourth-order valence-corrected chi connectivity index (χ4v) is 3.20. The summed E-state index contributed by atoms with van der Waals surface area (Å²) in [5, 5.41) is 11.3. The smallest absolute Gasteiger partial charge is 0.469 e. The van der Waals surface area contributed by atoms with Crippen molar-refractivity contribution in [3.05, 3.63) is 0 Å². The quantitative estimate of drug-likeness (QED) is 0.195. The van der Waals surface area contributed by atoms with E-state index >= 15 is 0 Å². The van der Waals surface area contributed by atoms with Crippen LogP contribution in [0.1, 0.15) is 96.8 Å². The van der Waals surface area contributed by atoms with Crippen molar-refractivity contribution in [2.75, 3.05) is 19.8 Å². The molecule has 166 valence electrons. The highest BCUT2D eigenvalue weighted by atomic mass is 31.2. The van der Waals surface area contributed by atoms with Crippen LogP contribution in [0.5, 0.6) is 0 Å². The van der Waals surface area contributed by atoms with Crippen LogP contribution < -0.4 is 11.3 Å². The summed E-state index contributed by atoms with van der Waals surface area (Å²) in [5.41, 5.74) is 0. The second-order valence-corrected chi connectivity index (χ2v) is 8.32. The zero-order valence-electron chi connectivity index (χ0n) is 17.6. The van der Waals surface area contributed by atoms with Gasteiger partial charge in [-0.25, -0.2) is 4.57 Å². The van der Waals surface area contributed by atoms with Gasteiger partial charge in [-0.15, -0.1) is 0 Å². The van der Waals surface area contributed by atoms with Crippen molar-refractivity contribution in [3.63, 3.8) is 0 Å². The molecule has 0 rings (SSSR count). The van der Waals surface area contributed by atoms with Gasteiger partial charge in [-0.3, -0.25) is 4.52 Å². The van der Waals surface area contributed by atoms with Gasteiger partial charge in [0.15, 0.2) is 0 Å². The molecule has 0 aliphatic heterocycles. The molecule has 0 saturated heterocycles. The predicted molar refractivity (Wildman–Crippen MR) is 109 cm³/mol. The van der Waals surface area contributed by atoms with E-state index in [1.165, 1.54) is 77.0 Å². The van der Waals surface area contributed by atoms with Crippen LogP contribution in [0.3, 0.4) is 0 Å². The van der Waals surface area contributed by atoms with Gasteiger partial charge in [-0.1, -0.05) is 96.5 Å². The van der Waals surface area contributed by atoms with E-state index in [-0.39, 0.29) is 12.8 Å². The van der Waals surface area contributed by atoms with E-state index < -0.39 is 20.5 Å². The van der Waals surface area contributed by atoms with Crippen molar-refractivity contribution < 1.29 is 28.7 Å². The van der Waals surface area contributed by atoms with Gasteiger partial charge >= 0.3 is 7.82 Å². The summed E-state index contributed by atoms with van der Waals surface area (Å²) in [7, 11) is -4.55. The Morgan fingerprint density at radius 2 is 1.19 bits per heavy atom. The lowest BCUT2D eigenvalue weighted by Crippen LogP contribution is -2.35. The molecule has 0 heterocycles. The largest absolute Gasteiger partial charge is 0.849 e. The maximum absolute atomic E-state index is 11.3. The Hall–Kier alpha value is -0.0100. The molecule has 0 amide bonds. The minimum Gasteiger partial charge on any atom is -0.849 e. The SMILES string of the molecule is CCCCCCCCCCCCCCCCOCC([O-])COP(=O)(O)O.[NH4+]. The summed E-state index contributed by atoms with van der Waals surface area (Å²) in [6.07, 6.45) is 16.9. The number of phosphoric ester groups is 1. The van der Waals surface area contributed by atoms with Gasteiger partial charge in [0.25, 0.3) is 0 Å². The molecule has 0 fully saturated rings. The Labute approximate surface area is 166 Å². The zero-order valence-corrected chi connectivity index (χ0v) is 18.5. The first-order chi connectivity index (χ1) is 12.5. The average molecular weight is 414 g/mol. The molecule has 0 aromatic rings. The van der Waals surface area contributed by atoms with Crippen LogP contribution in [-0.4, -0.2) is 35.7 Å². The van der Waals surface area contributed by atoms with E-state index in [0.29, 0.717) is 6.61 Å². The summed E-state index contributed by atoms with van der Waals surface area (Å²) < 4.78 is 19.8. The molecule has 6 N–H and O–H groups in total. The number of phosphoric acid groups is 1. The third-order valence-corrected chi connectivity index (χ3v) is 4.86. The maximum atomic E-state index is 11.3. The first-order valence-electron chi connectivity index (χ1n) is 10.4. The third kappa shape index (κ3) is 26.0. The zero-order chi connectivity index (χ0) is 19.5. The molecule has 0 aliphatic rings. The summed E-state index contributed by atoms with van der Waals surface area (Å²) in [4.78, 5) is 17.0. The third-order valence-electron chi connectivity index (χ3n) is 4.37. The second-order valence-electron chi connectivity index (χ2n) is 7.08. The fraction of sp³-hybridized carbons (Fsp3) is 1.00. The topological polar surface area (TPSA) is 136 Å². The van der Waals surface area contributed by atoms with Gasteiger partial charge in [0.2, 0.25) is 0 Å². The number of hydrogen-bond donors (Lipinski definition) is 3. The Morgan fingerprint density at radius 3 is 1.59 bits per heavy atom. The lowest BCUT2D eigenvalue weighted by Gasteiger charge is -2.21. The highest BCUT2D eigenvalue weighted by Gasteiger charge is 2.13. The minimum absolute atomic E-state index is 0. The molecule has 0 radical (unpaired) electrons. The molecular weight excluding hydrogens is 369 g/mol. The summed E-state index contributed by atoms with van der Waals surface area (Å²) in [6, 6.07) is 0. The lowest BCUT2D eigenvalue weighted by atomic mass is 10.0. The highest BCUT2D eigenvalue weighted by molar-refractivity contribution is 7.46. The summed E-state index contributed by atoms with van der Waals surface area (Å²) >= 11 is 0. The molecule has 0 aromatic carbocycles. The molecule has 1 atom stereocenters. The van der Waals surface area contributed by atoms with Gasteiger partial charge in [-0.05, 0) is 6.42 Å². The molecule has 1 unspecified atom stereocenters. The van der Waals surface area contributed by atoms with Crippen LogP contribution in [0.25, 0.3) is 0 Å². The first-order valence-corrected chi connectivity index (χ1v) is 11.9. The van der Waals surface area contributed by atoms with Gasteiger partial charge in [-0.2, -0.15) is 0 Å². The number of quaternary nitrogens is 1. The first kappa shape index (κ1) is 29.2. The normalized spacial score (nSPS) is 12.7. The van der Waals surface area contributed by atoms with E-state index in [1.54, 1.807) is 0 Å². The number of unbranched alkanes of at least 4 members (excludes halogenated alkanes) is 13. The van der Waals surface area contributed by atoms with Gasteiger partial charge in [0.05, 0.1) is 0 Å². The van der Waals surface area contributed by atoms with Crippen molar-refractivity contribution in [2.45, 2.75) is 103 Å². The fourth-order valence-electron chi connectivity index (χ4n) is 2.84. The van der Waals surface area contributed by atoms with Gasteiger partial charge < -0.3 is 25.8 Å². The number of hydrogen-bond acceptors (Lipinski definition) is 4. The van der Waals surface area contributed by atoms with E-state index in [9.17, 15) is 9.67 Å². The molecule has 0 aliphatic carbocycles. The van der Waals surface area contributed by atoms with E-state index in [0.717, 1.165) is 12.8 Å². The number of rotatable bonds is 20. The Morgan fingerprint density at radius 1 is 0.778 bits per heavy atom. The molecular formula is C19H44NO6P. The molecule has 0 spiro atoms. The standard InChI is InChI=1S/C19H40O6P.H3N/c1-2-3-4-5-6-7-8-9-10-11-12-13-14-15-16-24-17-19(20)18-25-26(21,22)23;/h19H,2-18H2,1H3,(H2,21,22,23);1H3/q-1;/p+1. The van der Waals surface area contributed by atoms with E-state index in [4.69, 9.17) is 14.5 Å². The van der Waals surface area contributed by atoms with Crippen LogP contribution in [0.2, 0.25) is 0 Å². The van der Waals surface area contributed by atoms with Crippen molar-refractivity contribution in [3.8, 4) is 0 Å². The van der Waals surface area contributed by atoms with Crippen molar-refractivity contribution in [1.82, 2.24) is 6.15 Å². The Balaban J connectivity index is 0. The molecule has 27 heavy (non-hydrogen) atoms. The van der Waals surface area contributed by atoms with Crippen molar-refractivity contribution >= 4 is 7.82 Å². The van der Waals surface area contributed by atoms with Crippen molar-refractivity contribution in [2.24, 2.45) is 0 Å². The average Bonchev–Trinajstić information content (AvgIpc) is 2.59. The van der Waals surface area contributed by atoms with Crippen LogP contribution in [0.15, 0.2) is 0 Å². The van der Waals surface area contributed by atoms with Gasteiger partial charge in [0, 0.05) is 19.8 Å². The summed E-state index contributed by atoms with van der Waals surface area (Å²) in [6.45, 7) is 2.18. The van der Waals surface area contributed by atoms with Crippen LogP contribution in [-0.2, 0) is 13.8 Å². The van der Waals surface area contributed by atoms with E-state index in [2.05, 4.69) is 11.4 Å². The summed E-state index contributed by atoms with van der Waals surface area (Å²) in [5.74, 6) is 0. The Kier molecular flexibility index (Phi) is 22.4. The highest BCUT2D eigenvalue weighted by Crippen LogP contribution is 2.35. The molecule has 8 heteroatoms. The molecule has 0 bridgehead atoms. The second kappa shape index (κ2) is 20.7. The van der Waals surface area contributed by atoms with Gasteiger partial charge in [0.1, 0.15) is 0 Å². The molecule has 0 saturated carbocycles. The monoisotopic (exact) mass is 413 g/mol. The minimum atomic E-state index is -4.55. The Bertz CT molecular complexity index is 340. The van der Waals surface area contributed by atoms with Crippen LogP contribution in [0.4, 0.5) is 0 Å². The van der Waals surface area contributed by atoms with E-state index in [1.807, 2.05) is 0 Å². The predicted octanol–water partition coefficient (Wildman–Crippen LogP) is 4.70. The maximum Gasteiger partial charge on any atom is 0.469 e. The van der Waals surface area contributed by atoms with Crippen LogP contribution in [0, 0.1) is 0 Å². The number of ether oxygens (including phenoxy) is 1. The lowest BCUT2D eigenvalue weighted by molar-refractivity contribution is -0.431. The van der Waals surface area contributed by atoms with Crippen LogP contribution >= 0.6 is 7.82 Å². The molecule has 7 nitrogen and oxygen atoms in total.